The minimum atomic E-state index is 0.403. The first-order chi connectivity index (χ1) is 4.91. The van der Waals surface area contributed by atoms with Crippen LogP contribution in [0.5, 0.6) is 0 Å². The Morgan fingerprint density at radius 2 is 1.20 bits per heavy atom. The monoisotopic (exact) mass is 140 g/mol. The first-order valence-corrected chi connectivity index (χ1v) is 4.46. The fraction of sp³-hybridized carbons (Fsp3) is 1.00. The lowest BCUT2D eigenvalue weighted by atomic mass is 9.95. The van der Waals surface area contributed by atoms with E-state index < -0.39 is 0 Å². The first kappa shape index (κ1) is 6.62. The summed E-state index contributed by atoms with van der Waals surface area (Å²) >= 11 is 0. The van der Waals surface area contributed by atoms with Crippen molar-refractivity contribution in [2.45, 2.75) is 50.6 Å². The SMILES string of the molecule is C1CCCC2(CCC1)NN2. The summed E-state index contributed by atoms with van der Waals surface area (Å²) in [6, 6.07) is 0. The molecule has 0 aromatic heterocycles. The van der Waals surface area contributed by atoms with Gasteiger partial charge in [-0.1, -0.05) is 32.1 Å². The molecule has 1 saturated carbocycles. The molecule has 0 aromatic carbocycles. The van der Waals surface area contributed by atoms with Crippen molar-refractivity contribution in [2.75, 3.05) is 0 Å². The lowest BCUT2D eigenvalue weighted by molar-refractivity contribution is 0.416. The second-order valence-corrected chi connectivity index (χ2v) is 3.60. The normalized spacial score (nSPS) is 31.2. The molecule has 2 fully saturated rings. The van der Waals surface area contributed by atoms with Crippen LogP contribution in [0.2, 0.25) is 0 Å². The summed E-state index contributed by atoms with van der Waals surface area (Å²) < 4.78 is 0. The Kier molecular flexibility index (Phi) is 1.66. The fourth-order valence-corrected chi connectivity index (χ4v) is 1.85. The molecule has 0 atom stereocenters. The molecule has 1 aliphatic heterocycles. The van der Waals surface area contributed by atoms with E-state index in [1.54, 1.807) is 0 Å². The Hall–Kier alpha value is -0.0800. The summed E-state index contributed by atoms with van der Waals surface area (Å²) in [7, 11) is 0. The Morgan fingerprint density at radius 3 is 1.70 bits per heavy atom. The molecule has 2 aliphatic rings. The van der Waals surface area contributed by atoms with E-state index in [1.165, 1.54) is 44.9 Å². The Morgan fingerprint density at radius 1 is 0.700 bits per heavy atom. The second kappa shape index (κ2) is 2.51. The van der Waals surface area contributed by atoms with Gasteiger partial charge in [0.1, 0.15) is 0 Å². The molecule has 0 amide bonds. The van der Waals surface area contributed by atoms with Gasteiger partial charge in [0.05, 0.1) is 5.66 Å². The number of hydrazine groups is 1. The van der Waals surface area contributed by atoms with E-state index in [0.29, 0.717) is 5.66 Å². The van der Waals surface area contributed by atoms with Gasteiger partial charge >= 0.3 is 0 Å². The van der Waals surface area contributed by atoms with Gasteiger partial charge in [-0.3, -0.25) is 0 Å². The van der Waals surface area contributed by atoms with Gasteiger partial charge in [0, 0.05) is 0 Å². The van der Waals surface area contributed by atoms with E-state index in [1.807, 2.05) is 0 Å². The average Bonchev–Trinajstić information content (AvgIpc) is 2.61. The van der Waals surface area contributed by atoms with Gasteiger partial charge in [-0.25, -0.2) is 10.9 Å². The van der Waals surface area contributed by atoms with Crippen LogP contribution in [0.1, 0.15) is 44.9 Å². The van der Waals surface area contributed by atoms with Crippen molar-refractivity contribution in [3.05, 3.63) is 0 Å². The molecule has 58 valence electrons. The molecular weight excluding hydrogens is 124 g/mol. The molecule has 2 heteroatoms. The smallest absolute Gasteiger partial charge is 0.0943 e. The third kappa shape index (κ3) is 1.32. The Balaban J connectivity index is 1.84. The third-order valence-corrected chi connectivity index (χ3v) is 2.69. The molecule has 0 bridgehead atoms. The lowest BCUT2D eigenvalue weighted by Crippen LogP contribution is -2.18. The number of hydrogen-bond donors (Lipinski definition) is 2. The Bertz CT molecular complexity index is 108. The predicted molar refractivity (Wildman–Crippen MR) is 41.3 cm³/mol. The van der Waals surface area contributed by atoms with Crippen molar-refractivity contribution in [2.24, 2.45) is 0 Å². The van der Waals surface area contributed by atoms with Crippen LogP contribution in [0.3, 0.4) is 0 Å². The van der Waals surface area contributed by atoms with E-state index in [4.69, 9.17) is 0 Å². The standard InChI is InChI=1S/C8H16N2/c1-2-4-6-8(9-10-8)7-5-3-1/h9-10H,1-7H2. The topological polar surface area (TPSA) is 43.9 Å². The molecule has 1 aliphatic carbocycles. The van der Waals surface area contributed by atoms with Gasteiger partial charge < -0.3 is 0 Å². The fourth-order valence-electron chi connectivity index (χ4n) is 1.85. The summed E-state index contributed by atoms with van der Waals surface area (Å²) in [4.78, 5) is 0. The minimum absolute atomic E-state index is 0.403. The zero-order chi connectivity index (χ0) is 6.86. The molecule has 2 rings (SSSR count). The molecule has 2 nitrogen and oxygen atoms in total. The predicted octanol–water partition coefficient (Wildman–Crippen LogP) is 1.53. The number of nitrogens with one attached hydrogen (secondary N) is 2. The van der Waals surface area contributed by atoms with Crippen molar-refractivity contribution < 1.29 is 0 Å². The number of rotatable bonds is 0. The molecule has 2 N–H and O–H groups in total. The first-order valence-electron chi connectivity index (χ1n) is 4.46. The van der Waals surface area contributed by atoms with E-state index in [0.717, 1.165) is 0 Å². The van der Waals surface area contributed by atoms with E-state index in [-0.39, 0.29) is 0 Å². The van der Waals surface area contributed by atoms with Crippen LogP contribution in [0, 0.1) is 0 Å². The molecular formula is C8H16N2. The molecule has 10 heavy (non-hydrogen) atoms. The highest BCUT2D eigenvalue weighted by molar-refractivity contribution is 4.94. The highest BCUT2D eigenvalue weighted by Gasteiger charge is 2.40. The van der Waals surface area contributed by atoms with E-state index in [9.17, 15) is 0 Å². The molecule has 0 radical (unpaired) electrons. The number of hydrogen-bond acceptors (Lipinski definition) is 2. The lowest BCUT2D eigenvalue weighted by Gasteiger charge is -2.14. The van der Waals surface area contributed by atoms with Gasteiger partial charge in [0.2, 0.25) is 0 Å². The zero-order valence-electron chi connectivity index (χ0n) is 6.45. The Labute approximate surface area is 62.4 Å². The summed E-state index contributed by atoms with van der Waals surface area (Å²) in [5, 5.41) is 0. The maximum Gasteiger partial charge on any atom is 0.0943 e. The third-order valence-electron chi connectivity index (χ3n) is 2.69. The van der Waals surface area contributed by atoms with Gasteiger partial charge in [-0.2, -0.15) is 0 Å². The van der Waals surface area contributed by atoms with Crippen LogP contribution in [0.25, 0.3) is 0 Å². The maximum absolute atomic E-state index is 3.27. The highest BCUT2D eigenvalue weighted by atomic mass is 15.7. The molecule has 1 saturated heterocycles. The van der Waals surface area contributed by atoms with E-state index in [2.05, 4.69) is 10.9 Å². The van der Waals surface area contributed by atoms with Crippen molar-refractivity contribution in [1.29, 1.82) is 0 Å². The summed E-state index contributed by atoms with van der Waals surface area (Å²) in [6.07, 6.45) is 9.81. The summed E-state index contributed by atoms with van der Waals surface area (Å²) in [5.74, 6) is 0. The molecule has 1 spiro atoms. The summed E-state index contributed by atoms with van der Waals surface area (Å²) in [6.45, 7) is 0. The van der Waals surface area contributed by atoms with Crippen molar-refractivity contribution in [3.63, 3.8) is 0 Å². The van der Waals surface area contributed by atoms with Crippen LogP contribution in [0.4, 0.5) is 0 Å². The molecule has 0 unspecified atom stereocenters. The van der Waals surface area contributed by atoms with Crippen LogP contribution in [-0.2, 0) is 0 Å². The van der Waals surface area contributed by atoms with Crippen molar-refractivity contribution in [3.8, 4) is 0 Å². The van der Waals surface area contributed by atoms with Crippen LogP contribution in [-0.4, -0.2) is 5.66 Å². The van der Waals surface area contributed by atoms with Gasteiger partial charge in [0.25, 0.3) is 0 Å². The zero-order valence-corrected chi connectivity index (χ0v) is 6.45. The quantitative estimate of drug-likeness (QED) is 0.501. The highest BCUT2D eigenvalue weighted by Crippen LogP contribution is 2.28. The maximum atomic E-state index is 3.27. The summed E-state index contributed by atoms with van der Waals surface area (Å²) in [5.41, 5.74) is 6.94. The van der Waals surface area contributed by atoms with Crippen LogP contribution in [0.15, 0.2) is 0 Å². The van der Waals surface area contributed by atoms with Gasteiger partial charge in [-0.05, 0) is 12.8 Å². The van der Waals surface area contributed by atoms with Crippen molar-refractivity contribution in [1.82, 2.24) is 10.9 Å². The van der Waals surface area contributed by atoms with Gasteiger partial charge in [-0.15, -0.1) is 0 Å². The molecule has 0 aromatic rings. The van der Waals surface area contributed by atoms with Gasteiger partial charge in [0.15, 0.2) is 0 Å². The average molecular weight is 140 g/mol. The van der Waals surface area contributed by atoms with Crippen LogP contribution >= 0.6 is 0 Å². The largest absolute Gasteiger partial charge is 0.235 e. The second-order valence-electron chi connectivity index (χ2n) is 3.60. The van der Waals surface area contributed by atoms with Crippen molar-refractivity contribution >= 4 is 0 Å². The molecule has 1 heterocycles. The van der Waals surface area contributed by atoms with E-state index >= 15 is 0 Å². The van der Waals surface area contributed by atoms with Crippen LogP contribution < -0.4 is 10.9 Å². The minimum Gasteiger partial charge on any atom is -0.235 e.